The summed E-state index contributed by atoms with van der Waals surface area (Å²) in [5, 5.41) is 0. The van der Waals surface area contributed by atoms with E-state index in [9.17, 15) is 0 Å². The minimum atomic E-state index is -0.236. The molecule has 1 saturated carbocycles. The standard InChI is InChI=1S/C23H34O4/c1-4-5-6-11-23(3)16-26-22(27-17-23)13-20-9-7-19(8-10-20)12-21-14-24-18(2)25-15-21/h18-22H,7-10,12-17H2,1-3H3. The summed E-state index contributed by atoms with van der Waals surface area (Å²) in [6, 6.07) is 0. The normalized spacial score (nSPS) is 39.6. The first-order valence-electron chi connectivity index (χ1n) is 10.5. The molecule has 0 bridgehead atoms. The Morgan fingerprint density at radius 3 is 2.00 bits per heavy atom. The second kappa shape index (κ2) is 9.94. The van der Waals surface area contributed by atoms with E-state index < -0.39 is 0 Å². The molecular weight excluding hydrogens is 340 g/mol. The first kappa shape index (κ1) is 20.7. The molecule has 3 rings (SSSR count). The van der Waals surface area contributed by atoms with Crippen LogP contribution in [0, 0.1) is 46.9 Å². The van der Waals surface area contributed by atoms with Crippen LogP contribution in [0.25, 0.3) is 0 Å². The predicted octanol–water partition coefficient (Wildman–Crippen LogP) is 3.99. The summed E-state index contributed by atoms with van der Waals surface area (Å²) in [4.78, 5) is 0. The van der Waals surface area contributed by atoms with Gasteiger partial charge in [0.15, 0.2) is 12.6 Å². The van der Waals surface area contributed by atoms with Crippen molar-refractivity contribution < 1.29 is 18.9 Å². The van der Waals surface area contributed by atoms with E-state index >= 15 is 0 Å². The van der Waals surface area contributed by atoms with Crippen molar-refractivity contribution in [2.45, 2.75) is 71.9 Å². The van der Waals surface area contributed by atoms with Gasteiger partial charge in [0.25, 0.3) is 0 Å². The van der Waals surface area contributed by atoms with Crippen LogP contribution in [0.15, 0.2) is 0 Å². The first-order valence-corrected chi connectivity index (χ1v) is 10.5. The Morgan fingerprint density at radius 2 is 1.41 bits per heavy atom. The number of rotatable bonds is 4. The zero-order valence-corrected chi connectivity index (χ0v) is 17.1. The third-order valence-corrected chi connectivity index (χ3v) is 6.02. The fourth-order valence-electron chi connectivity index (χ4n) is 4.32. The van der Waals surface area contributed by atoms with Crippen molar-refractivity contribution in [2.75, 3.05) is 26.4 Å². The van der Waals surface area contributed by atoms with Crippen molar-refractivity contribution in [1.82, 2.24) is 0 Å². The van der Waals surface area contributed by atoms with E-state index in [2.05, 4.69) is 30.6 Å². The molecule has 4 heteroatoms. The predicted molar refractivity (Wildman–Crippen MR) is 105 cm³/mol. The van der Waals surface area contributed by atoms with Crippen LogP contribution >= 0.6 is 0 Å². The quantitative estimate of drug-likeness (QED) is 0.697. The molecule has 3 fully saturated rings. The van der Waals surface area contributed by atoms with Crippen LogP contribution in [0.2, 0.25) is 0 Å². The van der Waals surface area contributed by atoms with Gasteiger partial charge in [0.05, 0.1) is 31.8 Å². The maximum absolute atomic E-state index is 5.98. The van der Waals surface area contributed by atoms with Crippen molar-refractivity contribution in [3.8, 4) is 23.7 Å². The average Bonchev–Trinajstić information content (AvgIpc) is 2.67. The molecule has 0 atom stereocenters. The van der Waals surface area contributed by atoms with Crippen LogP contribution < -0.4 is 0 Å². The molecular formula is C23H34O4. The van der Waals surface area contributed by atoms with Crippen molar-refractivity contribution in [3.05, 3.63) is 0 Å². The maximum atomic E-state index is 5.98. The Hall–Kier alpha value is -1.04. The van der Waals surface area contributed by atoms with Crippen LogP contribution in [0.5, 0.6) is 0 Å². The monoisotopic (exact) mass is 374 g/mol. The summed E-state index contributed by atoms with van der Waals surface area (Å²) in [6.07, 6.45) is 7.33. The molecule has 4 nitrogen and oxygen atoms in total. The lowest BCUT2D eigenvalue weighted by atomic mass is 9.77. The third kappa shape index (κ3) is 6.51. The lowest BCUT2D eigenvalue weighted by molar-refractivity contribution is -0.220. The number of hydrogen-bond donors (Lipinski definition) is 0. The molecule has 0 amide bonds. The Labute approximate surface area is 164 Å². The summed E-state index contributed by atoms with van der Waals surface area (Å²) < 4.78 is 23.2. The summed E-state index contributed by atoms with van der Waals surface area (Å²) >= 11 is 0. The van der Waals surface area contributed by atoms with Crippen LogP contribution in [0.1, 0.15) is 59.3 Å². The molecule has 2 saturated heterocycles. The van der Waals surface area contributed by atoms with Gasteiger partial charge >= 0.3 is 0 Å². The number of ether oxygens (including phenoxy) is 4. The van der Waals surface area contributed by atoms with Crippen LogP contribution in [-0.4, -0.2) is 39.0 Å². The van der Waals surface area contributed by atoms with Gasteiger partial charge in [-0.25, -0.2) is 0 Å². The molecule has 0 spiro atoms. The van der Waals surface area contributed by atoms with Gasteiger partial charge in [0, 0.05) is 12.3 Å². The molecule has 1 aliphatic carbocycles. The second-order valence-electron chi connectivity index (χ2n) is 8.70. The highest BCUT2D eigenvalue weighted by molar-refractivity contribution is 5.28. The highest BCUT2D eigenvalue weighted by Gasteiger charge is 2.33. The highest BCUT2D eigenvalue weighted by Crippen LogP contribution is 2.37. The van der Waals surface area contributed by atoms with Crippen LogP contribution in [-0.2, 0) is 18.9 Å². The molecule has 0 aromatic rings. The van der Waals surface area contributed by atoms with E-state index in [0.717, 1.165) is 25.6 Å². The minimum absolute atomic E-state index is 0.0279. The highest BCUT2D eigenvalue weighted by atomic mass is 16.7. The molecule has 0 N–H and O–H groups in total. The molecule has 150 valence electrons. The van der Waals surface area contributed by atoms with Crippen molar-refractivity contribution >= 4 is 0 Å². The van der Waals surface area contributed by atoms with Gasteiger partial charge in [-0.2, -0.15) is 0 Å². The lowest BCUT2D eigenvalue weighted by Gasteiger charge is -2.37. The van der Waals surface area contributed by atoms with E-state index in [4.69, 9.17) is 18.9 Å². The summed E-state index contributed by atoms with van der Waals surface area (Å²) in [5.74, 6) is 13.8. The minimum Gasteiger partial charge on any atom is -0.353 e. The van der Waals surface area contributed by atoms with Gasteiger partial charge < -0.3 is 18.9 Å². The third-order valence-electron chi connectivity index (χ3n) is 6.02. The van der Waals surface area contributed by atoms with Gasteiger partial charge in [-0.05, 0) is 63.7 Å². The van der Waals surface area contributed by atoms with Gasteiger partial charge in [-0.3, -0.25) is 0 Å². The SMILES string of the molecule is CC#CC#CC1(C)COC(CC2CCC(CC3COC(C)OC3)CC2)OC1. The molecule has 2 aliphatic heterocycles. The molecule has 27 heavy (non-hydrogen) atoms. The number of hydrogen-bond acceptors (Lipinski definition) is 4. The zero-order chi connectivity index (χ0) is 19.1. The van der Waals surface area contributed by atoms with E-state index in [-0.39, 0.29) is 18.0 Å². The molecule has 2 heterocycles. The summed E-state index contributed by atoms with van der Waals surface area (Å²) in [5.41, 5.74) is -0.236. The summed E-state index contributed by atoms with van der Waals surface area (Å²) in [7, 11) is 0. The molecule has 0 unspecified atom stereocenters. The van der Waals surface area contributed by atoms with Crippen LogP contribution in [0.3, 0.4) is 0 Å². The van der Waals surface area contributed by atoms with Gasteiger partial charge in [-0.15, -0.1) is 0 Å². The Balaban J connectivity index is 1.34. The fourth-order valence-corrected chi connectivity index (χ4v) is 4.32. The Bertz CT molecular complexity index is 569. The maximum Gasteiger partial charge on any atom is 0.157 e. The molecule has 0 radical (unpaired) electrons. The smallest absolute Gasteiger partial charge is 0.157 e. The molecule has 0 aromatic heterocycles. The van der Waals surface area contributed by atoms with Crippen molar-refractivity contribution in [3.63, 3.8) is 0 Å². The van der Waals surface area contributed by atoms with Crippen molar-refractivity contribution in [2.24, 2.45) is 23.2 Å². The van der Waals surface area contributed by atoms with Gasteiger partial charge in [0.2, 0.25) is 0 Å². The zero-order valence-electron chi connectivity index (χ0n) is 17.1. The molecule has 0 aromatic carbocycles. The first-order chi connectivity index (χ1) is 13.1. The van der Waals surface area contributed by atoms with Crippen molar-refractivity contribution in [1.29, 1.82) is 0 Å². The Kier molecular flexibility index (Phi) is 7.62. The van der Waals surface area contributed by atoms with E-state index in [1.165, 1.54) is 32.1 Å². The summed E-state index contributed by atoms with van der Waals surface area (Å²) in [6.45, 7) is 8.83. The molecule has 3 aliphatic rings. The van der Waals surface area contributed by atoms with Gasteiger partial charge in [0.1, 0.15) is 0 Å². The van der Waals surface area contributed by atoms with Gasteiger partial charge in [-0.1, -0.05) is 24.7 Å². The second-order valence-corrected chi connectivity index (χ2v) is 8.70. The lowest BCUT2D eigenvalue weighted by Crippen LogP contribution is -2.40. The van der Waals surface area contributed by atoms with E-state index in [0.29, 0.717) is 25.0 Å². The van der Waals surface area contributed by atoms with E-state index in [1.807, 2.05) is 6.92 Å². The fraction of sp³-hybridized carbons (Fsp3) is 0.826. The van der Waals surface area contributed by atoms with Crippen LogP contribution in [0.4, 0.5) is 0 Å². The van der Waals surface area contributed by atoms with E-state index in [1.54, 1.807) is 6.92 Å². The average molecular weight is 375 g/mol. The topological polar surface area (TPSA) is 36.9 Å². The largest absolute Gasteiger partial charge is 0.353 e. The Morgan fingerprint density at radius 1 is 0.815 bits per heavy atom.